The fourth-order valence-corrected chi connectivity index (χ4v) is 2.53. The summed E-state index contributed by atoms with van der Waals surface area (Å²) in [6.07, 6.45) is 3.35. The molecule has 1 aromatic heterocycles. The lowest BCUT2D eigenvalue weighted by molar-refractivity contribution is -0.116. The molecule has 26 heavy (non-hydrogen) atoms. The number of benzene rings is 2. The molecule has 0 saturated carbocycles. The van der Waals surface area contributed by atoms with Gasteiger partial charge in [0.15, 0.2) is 0 Å². The summed E-state index contributed by atoms with van der Waals surface area (Å²) in [6.45, 7) is 5.83. The van der Waals surface area contributed by atoms with Gasteiger partial charge in [0.1, 0.15) is 11.5 Å². The van der Waals surface area contributed by atoms with Gasteiger partial charge in [0, 0.05) is 11.8 Å². The lowest BCUT2D eigenvalue weighted by Gasteiger charge is -2.16. The molecule has 3 aromatic rings. The van der Waals surface area contributed by atoms with Crippen LogP contribution in [0.5, 0.6) is 11.5 Å². The van der Waals surface area contributed by atoms with E-state index in [1.165, 1.54) is 0 Å². The van der Waals surface area contributed by atoms with Crippen molar-refractivity contribution in [1.82, 2.24) is 10.3 Å². The lowest BCUT2D eigenvalue weighted by Crippen LogP contribution is -2.27. The van der Waals surface area contributed by atoms with Crippen molar-refractivity contribution in [2.75, 3.05) is 0 Å². The van der Waals surface area contributed by atoms with Gasteiger partial charge in [0.2, 0.25) is 0 Å². The SMILES string of the molecule is C=C(C(=O)NC(C)c1cccc(Oc2cccnc2)c1)c1ccccc1. The van der Waals surface area contributed by atoms with E-state index >= 15 is 0 Å². The predicted molar refractivity (Wildman–Crippen MR) is 103 cm³/mol. The normalized spacial score (nSPS) is 11.4. The molecule has 1 atom stereocenters. The molecule has 3 rings (SSSR count). The average Bonchev–Trinajstić information content (AvgIpc) is 2.69. The molecule has 1 N–H and O–H groups in total. The summed E-state index contributed by atoms with van der Waals surface area (Å²) in [4.78, 5) is 16.5. The standard InChI is InChI=1S/C22H20N2O2/c1-16(18-8-4-3-5-9-18)22(25)24-17(2)19-10-6-11-20(14-19)26-21-12-7-13-23-15-21/h3-15,17H,1H2,2H3,(H,24,25). The lowest BCUT2D eigenvalue weighted by atomic mass is 10.0. The highest BCUT2D eigenvalue weighted by atomic mass is 16.5. The van der Waals surface area contributed by atoms with Crippen molar-refractivity contribution in [2.24, 2.45) is 0 Å². The molecule has 0 aliphatic carbocycles. The zero-order valence-corrected chi connectivity index (χ0v) is 14.6. The van der Waals surface area contributed by atoms with E-state index in [0.717, 1.165) is 11.1 Å². The summed E-state index contributed by atoms with van der Waals surface area (Å²) >= 11 is 0. The van der Waals surface area contributed by atoms with Gasteiger partial charge in [-0.1, -0.05) is 49.0 Å². The van der Waals surface area contributed by atoms with Crippen molar-refractivity contribution in [2.45, 2.75) is 13.0 Å². The highest BCUT2D eigenvalue weighted by molar-refractivity contribution is 6.18. The largest absolute Gasteiger partial charge is 0.456 e. The fraction of sp³-hybridized carbons (Fsp3) is 0.0909. The van der Waals surface area contributed by atoms with E-state index in [1.807, 2.05) is 73.7 Å². The van der Waals surface area contributed by atoms with E-state index in [-0.39, 0.29) is 11.9 Å². The molecule has 0 aliphatic rings. The number of carbonyl (C=O) groups excluding carboxylic acids is 1. The molecular weight excluding hydrogens is 324 g/mol. The summed E-state index contributed by atoms with van der Waals surface area (Å²) in [5.41, 5.74) is 2.20. The Balaban J connectivity index is 1.68. The van der Waals surface area contributed by atoms with Crippen LogP contribution in [-0.2, 0) is 4.79 Å². The minimum Gasteiger partial charge on any atom is -0.456 e. The number of hydrogen-bond acceptors (Lipinski definition) is 3. The summed E-state index contributed by atoms with van der Waals surface area (Å²) in [5.74, 6) is 1.17. The zero-order valence-electron chi connectivity index (χ0n) is 14.6. The van der Waals surface area contributed by atoms with Gasteiger partial charge in [0.25, 0.3) is 5.91 Å². The monoisotopic (exact) mass is 344 g/mol. The molecule has 0 saturated heterocycles. The molecule has 0 spiro atoms. The molecule has 4 heteroatoms. The first-order valence-corrected chi connectivity index (χ1v) is 8.36. The van der Waals surface area contributed by atoms with E-state index in [9.17, 15) is 4.79 Å². The van der Waals surface area contributed by atoms with Crippen LogP contribution in [0.15, 0.2) is 85.7 Å². The molecule has 1 heterocycles. The van der Waals surface area contributed by atoms with E-state index in [4.69, 9.17) is 4.74 Å². The first-order chi connectivity index (χ1) is 12.6. The van der Waals surface area contributed by atoms with E-state index in [1.54, 1.807) is 12.4 Å². The van der Waals surface area contributed by atoms with Crippen LogP contribution in [0.4, 0.5) is 0 Å². The Bertz CT molecular complexity index is 892. The van der Waals surface area contributed by atoms with Gasteiger partial charge in [-0.15, -0.1) is 0 Å². The van der Waals surface area contributed by atoms with Gasteiger partial charge in [-0.05, 0) is 42.3 Å². The minimum atomic E-state index is -0.192. The van der Waals surface area contributed by atoms with Crippen molar-refractivity contribution < 1.29 is 9.53 Å². The Morgan fingerprint density at radius 2 is 1.81 bits per heavy atom. The Kier molecular flexibility index (Phi) is 5.44. The second-order valence-electron chi connectivity index (χ2n) is 5.90. The van der Waals surface area contributed by atoms with Gasteiger partial charge in [-0.3, -0.25) is 9.78 Å². The Morgan fingerprint density at radius 3 is 2.54 bits per heavy atom. The molecule has 130 valence electrons. The number of nitrogens with zero attached hydrogens (tertiary/aromatic N) is 1. The molecule has 4 nitrogen and oxygen atoms in total. The summed E-state index contributed by atoms with van der Waals surface area (Å²) in [7, 11) is 0. The number of hydrogen-bond donors (Lipinski definition) is 1. The number of aromatic nitrogens is 1. The van der Waals surface area contributed by atoms with Crippen molar-refractivity contribution in [3.8, 4) is 11.5 Å². The van der Waals surface area contributed by atoms with Gasteiger partial charge in [-0.25, -0.2) is 0 Å². The second kappa shape index (κ2) is 8.12. The van der Waals surface area contributed by atoms with Crippen molar-refractivity contribution in [1.29, 1.82) is 0 Å². The number of amides is 1. The van der Waals surface area contributed by atoms with Crippen LogP contribution < -0.4 is 10.1 Å². The fourth-order valence-electron chi connectivity index (χ4n) is 2.53. The van der Waals surface area contributed by atoms with Gasteiger partial charge in [0.05, 0.1) is 12.2 Å². The summed E-state index contributed by atoms with van der Waals surface area (Å²) in [6, 6.07) is 20.5. The maximum atomic E-state index is 12.5. The Hall–Kier alpha value is -3.40. The highest BCUT2D eigenvalue weighted by Crippen LogP contribution is 2.24. The number of rotatable bonds is 6. The van der Waals surface area contributed by atoms with Crippen LogP contribution in [0.25, 0.3) is 5.57 Å². The first-order valence-electron chi connectivity index (χ1n) is 8.36. The van der Waals surface area contributed by atoms with Crippen LogP contribution in [-0.4, -0.2) is 10.9 Å². The third-order valence-electron chi connectivity index (χ3n) is 3.97. The Labute approximate surface area is 153 Å². The number of nitrogens with one attached hydrogen (secondary N) is 1. The maximum Gasteiger partial charge on any atom is 0.251 e. The quantitative estimate of drug-likeness (QED) is 0.656. The second-order valence-corrected chi connectivity index (χ2v) is 5.90. The van der Waals surface area contributed by atoms with Crippen LogP contribution in [0.2, 0.25) is 0 Å². The summed E-state index contributed by atoms with van der Waals surface area (Å²) < 4.78 is 5.80. The van der Waals surface area contributed by atoms with Crippen LogP contribution in [0.3, 0.4) is 0 Å². The molecule has 0 fully saturated rings. The molecular formula is C22H20N2O2. The topological polar surface area (TPSA) is 51.2 Å². The highest BCUT2D eigenvalue weighted by Gasteiger charge is 2.14. The van der Waals surface area contributed by atoms with Crippen LogP contribution in [0.1, 0.15) is 24.1 Å². The number of ether oxygens (including phenoxy) is 1. The number of carbonyl (C=O) groups is 1. The van der Waals surface area contributed by atoms with Crippen LogP contribution >= 0.6 is 0 Å². The van der Waals surface area contributed by atoms with Crippen molar-refractivity contribution in [3.63, 3.8) is 0 Å². The minimum absolute atomic E-state index is 0.180. The molecule has 0 radical (unpaired) electrons. The van der Waals surface area contributed by atoms with Gasteiger partial charge < -0.3 is 10.1 Å². The third kappa shape index (κ3) is 4.36. The molecule has 0 aliphatic heterocycles. The van der Waals surface area contributed by atoms with Gasteiger partial charge in [-0.2, -0.15) is 0 Å². The van der Waals surface area contributed by atoms with E-state index in [2.05, 4.69) is 16.9 Å². The molecule has 1 unspecified atom stereocenters. The molecule has 2 aromatic carbocycles. The smallest absolute Gasteiger partial charge is 0.251 e. The Morgan fingerprint density at radius 1 is 1.04 bits per heavy atom. The van der Waals surface area contributed by atoms with E-state index in [0.29, 0.717) is 17.1 Å². The summed E-state index contributed by atoms with van der Waals surface area (Å²) in [5, 5.41) is 2.98. The zero-order chi connectivity index (χ0) is 18.4. The molecule has 1 amide bonds. The first kappa shape index (κ1) is 17.4. The van der Waals surface area contributed by atoms with Crippen molar-refractivity contribution in [3.05, 3.63) is 96.8 Å². The third-order valence-corrected chi connectivity index (χ3v) is 3.97. The van der Waals surface area contributed by atoms with E-state index < -0.39 is 0 Å². The maximum absolute atomic E-state index is 12.5. The average molecular weight is 344 g/mol. The number of pyridine rings is 1. The predicted octanol–water partition coefficient (Wildman–Crippen LogP) is 4.76. The van der Waals surface area contributed by atoms with Gasteiger partial charge >= 0.3 is 0 Å². The van der Waals surface area contributed by atoms with Crippen LogP contribution in [0, 0.1) is 0 Å². The van der Waals surface area contributed by atoms with Crippen molar-refractivity contribution >= 4 is 11.5 Å². The molecule has 0 bridgehead atoms.